The van der Waals surface area contributed by atoms with E-state index in [0.29, 0.717) is 22.9 Å². The average Bonchev–Trinajstić information content (AvgIpc) is 3.43. The number of fused-ring (bicyclic) bond motifs is 1. The zero-order valence-electron chi connectivity index (χ0n) is 19.2. The van der Waals surface area contributed by atoms with E-state index in [1.807, 2.05) is 30.3 Å². The molecule has 0 radical (unpaired) electrons. The summed E-state index contributed by atoms with van der Waals surface area (Å²) in [5.41, 5.74) is 7.00. The van der Waals surface area contributed by atoms with Crippen molar-refractivity contribution in [2.45, 2.75) is 32.3 Å². The van der Waals surface area contributed by atoms with E-state index in [-0.39, 0.29) is 12.2 Å². The number of ether oxygens (including phenoxy) is 3. The number of benzene rings is 2. The van der Waals surface area contributed by atoms with E-state index in [1.54, 1.807) is 24.3 Å². The van der Waals surface area contributed by atoms with Crippen molar-refractivity contribution in [2.75, 3.05) is 18.5 Å². The molecule has 35 heavy (non-hydrogen) atoms. The van der Waals surface area contributed by atoms with E-state index < -0.39 is 23.9 Å². The highest BCUT2D eigenvalue weighted by Crippen LogP contribution is 2.39. The molecule has 1 unspecified atom stereocenters. The van der Waals surface area contributed by atoms with Crippen molar-refractivity contribution in [3.63, 3.8) is 0 Å². The summed E-state index contributed by atoms with van der Waals surface area (Å²) in [7, 11) is 0. The van der Waals surface area contributed by atoms with Crippen LogP contribution in [0.4, 0.5) is 5.00 Å². The van der Waals surface area contributed by atoms with Gasteiger partial charge in [0.15, 0.2) is 6.10 Å². The van der Waals surface area contributed by atoms with Gasteiger partial charge in [0.2, 0.25) is 0 Å². The fraction of sp³-hybridized carbons (Fsp3) is 0.269. The number of amides is 2. The number of nitrogens with two attached hydrogens (primary N) is 1. The third-order valence-electron chi connectivity index (χ3n) is 5.52. The second kappa shape index (κ2) is 11.1. The zero-order chi connectivity index (χ0) is 24.8. The Morgan fingerprint density at radius 1 is 1.00 bits per heavy atom. The van der Waals surface area contributed by atoms with Crippen molar-refractivity contribution >= 4 is 34.1 Å². The van der Waals surface area contributed by atoms with Gasteiger partial charge in [-0.3, -0.25) is 9.59 Å². The smallest absolute Gasteiger partial charge is 0.342 e. The van der Waals surface area contributed by atoms with Crippen LogP contribution in [0.1, 0.15) is 44.5 Å². The molecule has 1 aliphatic carbocycles. The lowest BCUT2D eigenvalue weighted by Crippen LogP contribution is -2.30. The largest absolute Gasteiger partial charge is 0.490 e. The molecule has 182 valence electrons. The second-order valence-corrected chi connectivity index (χ2v) is 9.07. The van der Waals surface area contributed by atoms with E-state index in [9.17, 15) is 14.4 Å². The van der Waals surface area contributed by atoms with Crippen molar-refractivity contribution < 1.29 is 28.6 Å². The van der Waals surface area contributed by atoms with Gasteiger partial charge in [0.05, 0.1) is 5.56 Å². The van der Waals surface area contributed by atoms with Crippen LogP contribution in [-0.4, -0.2) is 37.1 Å². The van der Waals surface area contributed by atoms with Crippen molar-refractivity contribution in [3.8, 4) is 11.5 Å². The molecule has 3 aromatic rings. The number of carbonyl (C=O) groups excluding carboxylic acids is 3. The molecule has 1 heterocycles. The first-order valence-corrected chi connectivity index (χ1v) is 12.1. The number of rotatable bonds is 10. The topological polar surface area (TPSA) is 117 Å². The maximum Gasteiger partial charge on any atom is 0.342 e. The van der Waals surface area contributed by atoms with Crippen LogP contribution in [-0.2, 0) is 22.4 Å². The van der Waals surface area contributed by atoms with E-state index >= 15 is 0 Å². The number of primary amides is 1. The molecule has 8 nitrogen and oxygen atoms in total. The molecular formula is C26H26N2O6S. The monoisotopic (exact) mass is 494 g/mol. The Bertz CT molecular complexity index is 1220. The number of anilines is 1. The number of para-hydroxylation sites is 2. The van der Waals surface area contributed by atoms with Crippen molar-refractivity contribution in [2.24, 2.45) is 5.73 Å². The van der Waals surface area contributed by atoms with Crippen LogP contribution < -0.4 is 20.5 Å². The van der Waals surface area contributed by atoms with Crippen LogP contribution in [0.15, 0.2) is 54.6 Å². The Kier molecular flexibility index (Phi) is 7.67. The minimum Gasteiger partial charge on any atom is -0.490 e. The molecule has 2 aromatic carbocycles. The highest BCUT2D eigenvalue weighted by atomic mass is 32.1. The lowest BCUT2D eigenvalue weighted by atomic mass is 10.1. The van der Waals surface area contributed by atoms with E-state index in [2.05, 4.69) is 5.32 Å². The SMILES string of the molecule is CC(OC(=O)c1ccccc1OCCOc1ccccc1)C(=O)Nc1sc2c(c1C(N)=O)CCC2. The van der Waals surface area contributed by atoms with Gasteiger partial charge in [-0.1, -0.05) is 30.3 Å². The van der Waals surface area contributed by atoms with Crippen LogP contribution in [0.25, 0.3) is 0 Å². The number of carbonyl (C=O) groups is 3. The summed E-state index contributed by atoms with van der Waals surface area (Å²) in [5, 5.41) is 3.10. The molecule has 0 spiro atoms. The van der Waals surface area contributed by atoms with Gasteiger partial charge in [-0.2, -0.15) is 0 Å². The predicted molar refractivity (Wildman–Crippen MR) is 132 cm³/mol. The van der Waals surface area contributed by atoms with Crippen molar-refractivity contribution in [1.82, 2.24) is 0 Å². The summed E-state index contributed by atoms with van der Waals surface area (Å²) in [6, 6.07) is 16.0. The van der Waals surface area contributed by atoms with Crippen LogP contribution >= 0.6 is 11.3 Å². The van der Waals surface area contributed by atoms with Crippen LogP contribution in [0, 0.1) is 0 Å². The van der Waals surface area contributed by atoms with Crippen molar-refractivity contribution in [3.05, 3.63) is 76.2 Å². The number of thiophene rings is 1. The van der Waals surface area contributed by atoms with Gasteiger partial charge in [0, 0.05) is 4.88 Å². The Morgan fingerprint density at radius 2 is 1.71 bits per heavy atom. The Hall–Kier alpha value is -3.85. The molecule has 9 heteroatoms. The first-order chi connectivity index (χ1) is 16.9. The van der Waals surface area contributed by atoms with Crippen LogP contribution in [0.2, 0.25) is 0 Å². The maximum absolute atomic E-state index is 12.8. The van der Waals surface area contributed by atoms with E-state index in [4.69, 9.17) is 19.9 Å². The van der Waals surface area contributed by atoms with Crippen LogP contribution in [0.3, 0.4) is 0 Å². The van der Waals surface area contributed by atoms with Gasteiger partial charge >= 0.3 is 5.97 Å². The molecule has 0 bridgehead atoms. The molecule has 1 atom stereocenters. The van der Waals surface area contributed by atoms with E-state index in [1.165, 1.54) is 18.3 Å². The van der Waals surface area contributed by atoms with Gasteiger partial charge in [0.1, 0.15) is 35.3 Å². The zero-order valence-corrected chi connectivity index (χ0v) is 20.1. The van der Waals surface area contributed by atoms with Gasteiger partial charge in [-0.05, 0) is 56.0 Å². The third kappa shape index (κ3) is 5.81. The number of aryl methyl sites for hydroxylation is 1. The number of hydrogen-bond acceptors (Lipinski definition) is 7. The van der Waals surface area contributed by atoms with E-state index in [0.717, 1.165) is 35.5 Å². The summed E-state index contributed by atoms with van der Waals surface area (Å²) in [4.78, 5) is 38.5. The first-order valence-electron chi connectivity index (χ1n) is 11.3. The van der Waals surface area contributed by atoms with Crippen molar-refractivity contribution in [1.29, 1.82) is 0 Å². The second-order valence-electron chi connectivity index (χ2n) is 7.97. The Labute approximate surface area is 207 Å². The predicted octanol–water partition coefficient (Wildman–Crippen LogP) is 3.98. The number of esters is 1. The Balaban J connectivity index is 1.35. The fourth-order valence-electron chi connectivity index (χ4n) is 3.83. The highest BCUT2D eigenvalue weighted by molar-refractivity contribution is 7.17. The summed E-state index contributed by atoms with van der Waals surface area (Å²) in [6.07, 6.45) is 1.48. The molecule has 2 amide bonds. The number of nitrogens with one attached hydrogen (secondary N) is 1. The minimum absolute atomic E-state index is 0.194. The maximum atomic E-state index is 12.8. The standard InChI is InChI=1S/C26H26N2O6S/c1-16(24(30)28-25-22(23(27)29)19-11-7-13-21(19)35-25)34-26(31)18-10-5-6-12-20(18)33-15-14-32-17-8-3-2-4-9-17/h2-6,8-10,12,16H,7,11,13-15H2,1H3,(H2,27,29)(H,28,30). The molecule has 0 saturated heterocycles. The summed E-state index contributed by atoms with van der Waals surface area (Å²) < 4.78 is 16.7. The molecule has 0 aliphatic heterocycles. The van der Waals surface area contributed by atoms with Crippen LogP contribution in [0.5, 0.6) is 11.5 Å². The molecular weight excluding hydrogens is 468 g/mol. The average molecular weight is 495 g/mol. The lowest BCUT2D eigenvalue weighted by molar-refractivity contribution is -0.123. The third-order valence-corrected chi connectivity index (χ3v) is 6.72. The fourth-order valence-corrected chi connectivity index (χ4v) is 5.13. The molecule has 1 aliphatic rings. The summed E-state index contributed by atoms with van der Waals surface area (Å²) in [6.45, 7) is 1.98. The van der Waals surface area contributed by atoms with Gasteiger partial charge in [0.25, 0.3) is 11.8 Å². The van der Waals surface area contributed by atoms with Gasteiger partial charge < -0.3 is 25.3 Å². The quantitative estimate of drug-likeness (QED) is 0.325. The molecule has 3 N–H and O–H groups in total. The molecule has 0 fully saturated rings. The minimum atomic E-state index is -1.10. The molecule has 0 saturated carbocycles. The highest BCUT2D eigenvalue weighted by Gasteiger charge is 2.28. The lowest BCUT2D eigenvalue weighted by Gasteiger charge is -2.15. The van der Waals surface area contributed by atoms with Gasteiger partial charge in [-0.25, -0.2) is 4.79 Å². The molecule has 4 rings (SSSR count). The molecule has 1 aromatic heterocycles. The first kappa shape index (κ1) is 24.3. The summed E-state index contributed by atoms with van der Waals surface area (Å²) in [5.74, 6) is -0.773. The number of hydrogen-bond donors (Lipinski definition) is 2. The Morgan fingerprint density at radius 3 is 2.49 bits per heavy atom. The van der Waals surface area contributed by atoms with Gasteiger partial charge in [-0.15, -0.1) is 11.3 Å². The normalized spacial score (nSPS) is 12.9. The summed E-state index contributed by atoms with van der Waals surface area (Å²) >= 11 is 1.34.